The van der Waals surface area contributed by atoms with Crippen LogP contribution in [0, 0.1) is 0 Å². The maximum Gasteiger partial charge on any atom is 0.435 e. The molecule has 0 saturated carbocycles. The number of benzene rings is 1. The van der Waals surface area contributed by atoms with Crippen LogP contribution in [-0.2, 0) is 16.2 Å². The largest absolute Gasteiger partial charge is 0.435 e. The van der Waals surface area contributed by atoms with Gasteiger partial charge < -0.3 is 5.32 Å². The van der Waals surface area contributed by atoms with Crippen molar-refractivity contribution < 1.29 is 21.6 Å². The van der Waals surface area contributed by atoms with Gasteiger partial charge in [0.1, 0.15) is 16.8 Å². The number of nitrogens with one attached hydrogen (secondary N) is 2. The maximum atomic E-state index is 13.2. The fourth-order valence-electron chi connectivity index (χ4n) is 3.14. The zero-order valence-corrected chi connectivity index (χ0v) is 17.7. The molecule has 1 aliphatic rings. The van der Waals surface area contributed by atoms with E-state index in [1.807, 2.05) is 0 Å². The molecular weight excluding hydrogens is 429 g/mol. The second-order valence-electron chi connectivity index (χ2n) is 7.78. The Morgan fingerprint density at radius 3 is 2.28 bits per heavy atom. The number of allylic oxidation sites excluding steroid dienone is 2. The summed E-state index contributed by atoms with van der Waals surface area (Å²) in [4.78, 5) is -0.112. The SMILES string of the molecule is CC1=C(S(=O)(=O)NC(C)(C)C)C(c2ccc(Cl)cc2)n2nc(C(F)(F)F)cc2N1. The Balaban J connectivity index is 2.24. The highest BCUT2D eigenvalue weighted by Crippen LogP contribution is 2.41. The second-order valence-corrected chi connectivity index (χ2v) is 9.87. The molecular formula is C18H20ClF3N4O2S. The fourth-order valence-corrected chi connectivity index (χ4v) is 5.16. The summed E-state index contributed by atoms with van der Waals surface area (Å²) in [6, 6.07) is 5.98. The monoisotopic (exact) mass is 448 g/mol. The van der Waals surface area contributed by atoms with Gasteiger partial charge >= 0.3 is 6.18 Å². The Morgan fingerprint density at radius 1 is 1.17 bits per heavy atom. The van der Waals surface area contributed by atoms with Crippen LogP contribution >= 0.6 is 11.6 Å². The molecule has 0 spiro atoms. The molecule has 11 heteroatoms. The first-order valence-electron chi connectivity index (χ1n) is 8.63. The smallest absolute Gasteiger partial charge is 0.343 e. The predicted octanol–water partition coefficient (Wildman–Crippen LogP) is 4.52. The Bertz CT molecular complexity index is 1070. The van der Waals surface area contributed by atoms with Crippen LogP contribution in [0.1, 0.15) is 45.0 Å². The summed E-state index contributed by atoms with van der Waals surface area (Å²) in [6.45, 7) is 6.53. The van der Waals surface area contributed by atoms with Crippen LogP contribution in [0.4, 0.5) is 19.0 Å². The number of alkyl halides is 3. The van der Waals surface area contributed by atoms with Gasteiger partial charge in [0.2, 0.25) is 10.0 Å². The lowest BCUT2D eigenvalue weighted by atomic mass is 10.0. The quantitative estimate of drug-likeness (QED) is 0.723. The number of halogens is 4. The lowest BCUT2D eigenvalue weighted by Crippen LogP contribution is -2.44. The normalized spacial score (nSPS) is 17.9. The minimum Gasteiger partial charge on any atom is -0.343 e. The highest BCUT2D eigenvalue weighted by atomic mass is 35.5. The van der Waals surface area contributed by atoms with E-state index in [0.717, 1.165) is 10.7 Å². The van der Waals surface area contributed by atoms with E-state index in [1.54, 1.807) is 45.0 Å². The van der Waals surface area contributed by atoms with Crippen LogP contribution in [0.15, 0.2) is 40.9 Å². The van der Waals surface area contributed by atoms with Gasteiger partial charge in [0.05, 0.1) is 0 Å². The molecule has 2 heterocycles. The van der Waals surface area contributed by atoms with Crippen molar-refractivity contribution in [3.05, 3.63) is 57.2 Å². The van der Waals surface area contributed by atoms with Crippen LogP contribution in [0.2, 0.25) is 5.02 Å². The molecule has 1 aromatic heterocycles. The van der Waals surface area contributed by atoms with Crippen molar-refractivity contribution in [1.29, 1.82) is 0 Å². The van der Waals surface area contributed by atoms with E-state index in [9.17, 15) is 21.6 Å². The number of rotatable bonds is 3. The van der Waals surface area contributed by atoms with Crippen LogP contribution < -0.4 is 10.0 Å². The summed E-state index contributed by atoms with van der Waals surface area (Å²) in [7, 11) is -4.07. The number of aromatic nitrogens is 2. The van der Waals surface area contributed by atoms with Gasteiger partial charge in [0, 0.05) is 22.3 Å². The Labute approximate surface area is 171 Å². The molecule has 1 aromatic carbocycles. The molecule has 0 aliphatic carbocycles. The first kappa shape index (κ1) is 21.7. The average molecular weight is 449 g/mol. The van der Waals surface area contributed by atoms with Crippen LogP contribution in [0.25, 0.3) is 0 Å². The highest BCUT2D eigenvalue weighted by Gasteiger charge is 2.41. The molecule has 2 N–H and O–H groups in total. The highest BCUT2D eigenvalue weighted by molar-refractivity contribution is 7.93. The zero-order chi connectivity index (χ0) is 21.8. The van der Waals surface area contributed by atoms with Gasteiger partial charge in [-0.3, -0.25) is 0 Å². The third-order valence-corrected chi connectivity index (χ3v) is 6.36. The van der Waals surface area contributed by atoms with Gasteiger partial charge in [-0.15, -0.1) is 0 Å². The van der Waals surface area contributed by atoms with Crippen molar-refractivity contribution in [1.82, 2.24) is 14.5 Å². The number of fused-ring (bicyclic) bond motifs is 1. The van der Waals surface area contributed by atoms with E-state index in [0.29, 0.717) is 10.6 Å². The molecule has 158 valence electrons. The van der Waals surface area contributed by atoms with Crippen LogP contribution in [-0.4, -0.2) is 23.7 Å². The Morgan fingerprint density at radius 2 is 1.76 bits per heavy atom. The lowest BCUT2D eigenvalue weighted by Gasteiger charge is -2.32. The summed E-state index contributed by atoms with van der Waals surface area (Å²) in [6.07, 6.45) is -4.67. The first-order valence-corrected chi connectivity index (χ1v) is 10.5. The van der Waals surface area contributed by atoms with E-state index in [-0.39, 0.29) is 16.4 Å². The molecule has 0 radical (unpaired) electrons. The van der Waals surface area contributed by atoms with Gasteiger partial charge in [-0.05, 0) is 45.4 Å². The van der Waals surface area contributed by atoms with Crippen LogP contribution in [0.3, 0.4) is 0 Å². The summed E-state index contributed by atoms with van der Waals surface area (Å²) < 4.78 is 69.7. The second kappa shape index (κ2) is 7.03. The van der Waals surface area contributed by atoms with Gasteiger partial charge in [-0.1, -0.05) is 23.7 Å². The molecule has 0 amide bonds. The Hall–Kier alpha value is -2.04. The van der Waals surface area contributed by atoms with E-state index in [4.69, 9.17) is 11.6 Å². The predicted molar refractivity (Wildman–Crippen MR) is 105 cm³/mol. The van der Waals surface area contributed by atoms with Gasteiger partial charge in [0.15, 0.2) is 5.69 Å². The van der Waals surface area contributed by atoms with Crippen molar-refractivity contribution in [2.24, 2.45) is 0 Å². The molecule has 2 aromatic rings. The summed E-state index contributed by atoms with van der Waals surface area (Å²) in [5.41, 5.74) is -1.27. The molecule has 0 saturated heterocycles. The Kier molecular flexibility index (Phi) is 5.25. The number of anilines is 1. The minimum absolute atomic E-state index is 0.0458. The molecule has 1 aliphatic heterocycles. The summed E-state index contributed by atoms with van der Waals surface area (Å²) in [5.74, 6) is 0.0458. The first-order chi connectivity index (χ1) is 13.2. The van der Waals surface area contributed by atoms with Gasteiger partial charge in [0.25, 0.3) is 0 Å². The maximum absolute atomic E-state index is 13.2. The topological polar surface area (TPSA) is 76.0 Å². The number of nitrogens with zero attached hydrogens (tertiary/aromatic N) is 2. The van der Waals surface area contributed by atoms with Crippen molar-refractivity contribution >= 4 is 27.4 Å². The molecule has 3 rings (SSSR count). The van der Waals surface area contributed by atoms with Crippen molar-refractivity contribution in [3.8, 4) is 0 Å². The zero-order valence-electron chi connectivity index (χ0n) is 16.1. The van der Waals surface area contributed by atoms with Gasteiger partial charge in [-0.25, -0.2) is 17.8 Å². The number of hydrogen-bond acceptors (Lipinski definition) is 4. The van der Waals surface area contributed by atoms with Crippen LogP contribution in [0.5, 0.6) is 0 Å². The summed E-state index contributed by atoms with van der Waals surface area (Å²) >= 11 is 5.93. The fraction of sp³-hybridized carbons (Fsp3) is 0.389. The summed E-state index contributed by atoms with van der Waals surface area (Å²) in [5, 5.41) is 6.82. The standard InChI is InChI=1S/C18H20ClF3N4O2S/c1-10-16(29(27,28)25-17(2,3)4)15(11-5-7-12(19)8-6-11)26-14(23-10)9-13(24-26)18(20,21)22/h5-9,15,23,25H,1-4H3. The average Bonchev–Trinajstić information content (AvgIpc) is 2.95. The lowest BCUT2D eigenvalue weighted by molar-refractivity contribution is -0.141. The van der Waals surface area contributed by atoms with Crippen molar-refractivity contribution in [2.45, 2.75) is 45.5 Å². The molecule has 1 unspecified atom stereocenters. The van der Waals surface area contributed by atoms with Crippen molar-refractivity contribution in [3.63, 3.8) is 0 Å². The third kappa shape index (κ3) is 4.44. The van der Waals surface area contributed by atoms with E-state index in [1.165, 1.54) is 6.92 Å². The van der Waals surface area contributed by atoms with Crippen molar-refractivity contribution in [2.75, 3.05) is 5.32 Å². The number of sulfonamides is 1. The van der Waals surface area contributed by atoms with E-state index < -0.39 is 33.5 Å². The number of hydrogen-bond donors (Lipinski definition) is 2. The molecule has 1 atom stereocenters. The molecule has 6 nitrogen and oxygen atoms in total. The van der Waals surface area contributed by atoms with Gasteiger partial charge in [-0.2, -0.15) is 18.3 Å². The van der Waals surface area contributed by atoms with E-state index in [2.05, 4.69) is 15.1 Å². The molecule has 0 fully saturated rings. The minimum atomic E-state index is -4.67. The molecule has 29 heavy (non-hydrogen) atoms. The third-order valence-electron chi connectivity index (χ3n) is 4.12. The van der Waals surface area contributed by atoms with E-state index >= 15 is 0 Å². The molecule has 0 bridgehead atoms.